The van der Waals surface area contributed by atoms with Crippen molar-refractivity contribution >= 4 is 40.2 Å². The molecule has 0 saturated heterocycles. The third-order valence-corrected chi connectivity index (χ3v) is 5.57. The Morgan fingerprint density at radius 2 is 1.75 bits per heavy atom. The lowest BCUT2D eigenvalue weighted by Gasteiger charge is -2.26. The summed E-state index contributed by atoms with van der Waals surface area (Å²) in [5, 5.41) is 7.12. The molecule has 4 heteroatoms. The molecule has 0 aliphatic heterocycles. The summed E-state index contributed by atoms with van der Waals surface area (Å²) >= 11 is 14.4. The molecule has 1 heterocycles. The molecule has 0 radical (unpaired) electrons. The molecular weight excluding hydrogens is 309 g/mol. The quantitative estimate of drug-likeness (QED) is 0.685. The summed E-state index contributed by atoms with van der Waals surface area (Å²) in [6, 6.07) is 10.3. The first-order valence-electron chi connectivity index (χ1n) is 6.99. The van der Waals surface area contributed by atoms with E-state index in [1.807, 2.05) is 18.2 Å². The molecular formula is C16H17Cl2NS. The van der Waals surface area contributed by atoms with Gasteiger partial charge in [-0.2, -0.15) is 0 Å². The number of hydrogen-bond acceptors (Lipinski definition) is 2. The van der Waals surface area contributed by atoms with Gasteiger partial charge < -0.3 is 5.32 Å². The van der Waals surface area contributed by atoms with Gasteiger partial charge >= 0.3 is 0 Å². The predicted molar refractivity (Wildman–Crippen MR) is 89.1 cm³/mol. The molecule has 106 valence electrons. The molecule has 1 fully saturated rings. The summed E-state index contributed by atoms with van der Waals surface area (Å²) in [5.74, 6) is 0.668. The lowest BCUT2D eigenvalue weighted by atomic mass is 9.96. The lowest BCUT2D eigenvalue weighted by Crippen LogP contribution is -2.18. The van der Waals surface area contributed by atoms with E-state index < -0.39 is 0 Å². The zero-order chi connectivity index (χ0) is 13.9. The molecule has 0 amide bonds. The van der Waals surface area contributed by atoms with Crippen molar-refractivity contribution in [1.82, 2.24) is 0 Å². The molecule has 1 nitrogen and oxygen atoms in total. The first-order chi connectivity index (χ1) is 9.75. The largest absolute Gasteiger partial charge is 0.375 e. The zero-order valence-corrected chi connectivity index (χ0v) is 13.4. The number of rotatable bonds is 4. The van der Waals surface area contributed by atoms with E-state index in [4.69, 9.17) is 23.2 Å². The first-order valence-corrected chi connectivity index (χ1v) is 8.63. The Kier molecular flexibility index (Phi) is 4.54. The fourth-order valence-corrected chi connectivity index (χ4v) is 4.35. The van der Waals surface area contributed by atoms with E-state index in [2.05, 4.69) is 22.8 Å². The minimum absolute atomic E-state index is 0.315. The number of anilines is 1. The van der Waals surface area contributed by atoms with Gasteiger partial charge in [0.25, 0.3) is 0 Å². The second kappa shape index (κ2) is 6.38. The van der Waals surface area contributed by atoms with Crippen molar-refractivity contribution in [3.63, 3.8) is 0 Å². The average molecular weight is 326 g/mol. The van der Waals surface area contributed by atoms with Gasteiger partial charge in [0.15, 0.2) is 0 Å². The van der Waals surface area contributed by atoms with Gasteiger partial charge in [-0.05, 0) is 42.3 Å². The Balaban J connectivity index is 1.90. The van der Waals surface area contributed by atoms with Gasteiger partial charge in [-0.15, -0.1) is 11.3 Å². The third kappa shape index (κ3) is 2.98. The van der Waals surface area contributed by atoms with E-state index in [1.165, 1.54) is 30.6 Å². The van der Waals surface area contributed by atoms with E-state index in [-0.39, 0.29) is 0 Å². The lowest BCUT2D eigenvalue weighted by molar-refractivity contribution is 0.475. The fraction of sp³-hybridized carbons (Fsp3) is 0.375. The molecule has 1 atom stereocenters. The summed E-state index contributed by atoms with van der Waals surface area (Å²) in [7, 11) is 0. The van der Waals surface area contributed by atoms with Crippen molar-refractivity contribution < 1.29 is 0 Å². The van der Waals surface area contributed by atoms with Crippen LogP contribution in [0.3, 0.4) is 0 Å². The Morgan fingerprint density at radius 1 is 1.05 bits per heavy atom. The van der Waals surface area contributed by atoms with Crippen molar-refractivity contribution in [3.05, 3.63) is 50.6 Å². The van der Waals surface area contributed by atoms with Gasteiger partial charge in [-0.3, -0.25) is 0 Å². The summed E-state index contributed by atoms with van der Waals surface area (Å²) in [6.45, 7) is 0. The van der Waals surface area contributed by atoms with Crippen molar-refractivity contribution in [2.45, 2.75) is 31.7 Å². The van der Waals surface area contributed by atoms with Crippen LogP contribution in [0, 0.1) is 5.92 Å². The predicted octanol–water partition coefficient (Wildman–Crippen LogP) is 6.40. The number of thiophene rings is 1. The molecule has 0 bridgehead atoms. The average Bonchev–Trinajstić information content (AvgIpc) is 3.12. The Morgan fingerprint density at radius 3 is 2.35 bits per heavy atom. The van der Waals surface area contributed by atoms with Crippen molar-refractivity contribution in [3.8, 4) is 0 Å². The van der Waals surface area contributed by atoms with Crippen LogP contribution in [0.25, 0.3) is 0 Å². The highest BCUT2D eigenvalue weighted by molar-refractivity contribution is 7.10. The first kappa shape index (κ1) is 14.2. The van der Waals surface area contributed by atoms with E-state index >= 15 is 0 Å². The maximum absolute atomic E-state index is 6.30. The highest BCUT2D eigenvalue weighted by atomic mass is 35.5. The minimum Gasteiger partial charge on any atom is -0.375 e. The maximum Gasteiger partial charge on any atom is 0.0724 e. The monoisotopic (exact) mass is 325 g/mol. The molecule has 1 aromatic carbocycles. The van der Waals surface area contributed by atoms with E-state index in [1.54, 1.807) is 11.3 Å². The Hall–Kier alpha value is -0.700. The number of hydrogen-bond donors (Lipinski definition) is 1. The Bertz CT molecular complexity index is 542. The van der Waals surface area contributed by atoms with Crippen LogP contribution in [0.5, 0.6) is 0 Å². The minimum atomic E-state index is 0.315. The fourth-order valence-electron chi connectivity index (χ4n) is 2.97. The second-order valence-corrected chi connectivity index (χ2v) is 7.07. The second-order valence-electron chi connectivity index (χ2n) is 5.28. The smallest absolute Gasteiger partial charge is 0.0724 e. The van der Waals surface area contributed by atoms with Crippen LogP contribution in [-0.2, 0) is 0 Å². The van der Waals surface area contributed by atoms with Gasteiger partial charge in [0.05, 0.1) is 21.8 Å². The highest BCUT2D eigenvalue weighted by Crippen LogP contribution is 2.42. The van der Waals surface area contributed by atoms with Crippen LogP contribution >= 0.6 is 34.5 Å². The molecule has 3 rings (SSSR count). The van der Waals surface area contributed by atoms with E-state index in [0.29, 0.717) is 22.0 Å². The van der Waals surface area contributed by atoms with Crippen molar-refractivity contribution in [1.29, 1.82) is 0 Å². The standard InChI is InChI=1S/C16H17Cl2NS/c17-12-7-3-8-13(18)16(12)19-15(11-5-1-2-6-11)14-9-4-10-20-14/h3-4,7-11,15,19H,1-2,5-6H2. The summed E-state index contributed by atoms with van der Waals surface area (Å²) in [4.78, 5) is 1.37. The summed E-state index contributed by atoms with van der Waals surface area (Å²) in [5.41, 5.74) is 0.862. The SMILES string of the molecule is Clc1cccc(Cl)c1NC(c1cccs1)C1CCCC1. The summed E-state index contributed by atoms with van der Waals surface area (Å²) < 4.78 is 0. The topological polar surface area (TPSA) is 12.0 Å². The molecule has 1 aliphatic rings. The van der Waals surface area contributed by atoms with Crippen LogP contribution in [0.4, 0.5) is 5.69 Å². The zero-order valence-electron chi connectivity index (χ0n) is 11.1. The normalized spacial score (nSPS) is 17.3. The molecule has 1 aromatic heterocycles. The van der Waals surface area contributed by atoms with Gasteiger partial charge in [0, 0.05) is 4.88 Å². The van der Waals surface area contributed by atoms with Crippen molar-refractivity contribution in [2.24, 2.45) is 5.92 Å². The number of para-hydroxylation sites is 1. The van der Waals surface area contributed by atoms with E-state index in [9.17, 15) is 0 Å². The van der Waals surface area contributed by atoms with Gasteiger partial charge in [-0.25, -0.2) is 0 Å². The van der Waals surface area contributed by atoms with Crippen LogP contribution in [-0.4, -0.2) is 0 Å². The van der Waals surface area contributed by atoms with Crippen LogP contribution < -0.4 is 5.32 Å². The molecule has 1 N–H and O–H groups in total. The summed E-state index contributed by atoms with van der Waals surface area (Å²) in [6.07, 6.45) is 5.20. The maximum atomic E-state index is 6.30. The molecule has 20 heavy (non-hydrogen) atoms. The van der Waals surface area contributed by atoms with Gasteiger partial charge in [0.2, 0.25) is 0 Å². The molecule has 1 saturated carbocycles. The van der Waals surface area contributed by atoms with Crippen LogP contribution in [0.15, 0.2) is 35.7 Å². The number of benzene rings is 1. The number of halogens is 2. The van der Waals surface area contributed by atoms with Crippen molar-refractivity contribution in [2.75, 3.05) is 5.32 Å². The molecule has 1 unspecified atom stereocenters. The van der Waals surface area contributed by atoms with Crippen LogP contribution in [0.2, 0.25) is 10.0 Å². The third-order valence-electron chi connectivity index (χ3n) is 3.98. The van der Waals surface area contributed by atoms with Gasteiger partial charge in [0.1, 0.15) is 0 Å². The molecule has 1 aliphatic carbocycles. The molecule has 2 aromatic rings. The highest BCUT2D eigenvalue weighted by Gasteiger charge is 2.28. The Labute approximate surface area is 133 Å². The number of nitrogens with one attached hydrogen (secondary N) is 1. The van der Waals surface area contributed by atoms with E-state index in [0.717, 1.165) is 5.69 Å². The van der Waals surface area contributed by atoms with Gasteiger partial charge in [-0.1, -0.05) is 48.2 Å². The van der Waals surface area contributed by atoms with Crippen LogP contribution in [0.1, 0.15) is 36.6 Å². The molecule has 0 spiro atoms.